The van der Waals surface area contributed by atoms with Crippen LogP contribution in [0.15, 0.2) is 48.5 Å². The quantitative estimate of drug-likeness (QED) is 0.580. The first-order valence-electron chi connectivity index (χ1n) is 11.0. The molecule has 2 aliphatic heterocycles. The number of carbonyl (C=O) groups is 3. The van der Waals surface area contributed by atoms with E-state index in [4.69, 9.17) is 4.74 Å². The molecule has 0 spiro atoms. The van der Waals surface area contributed by atoms with Crippen molar-refractivity contribution >= 4 is 35.3 Å². The van der Waals surface area contributed by atoms with E-state index in [-0.39, 0.29) is 29.8 Å². The fourth-order valence-corrected chi connectivity index (χ4v) is 5.45. The summed E-state index contributed by atoms with van der Waals surface area (Å²) in [5, 5.41) is 9.38. The number of hydrogen-bond acceptors (Lipinski definition) is 7. The fourth-order valence-electron chi connectivity index (χ4n) is 4.34. The van der Waals surface area contributed by atoms with Gasteiger partial charge in [0.25, 0.3) is 0 Å². The molecule has 2 aromatic carbocycles. The van der Waals surface area contributed by atoms with Crippen molar-refractivity contribution in [3.63, 3.8) is 0 Å². The van der Waals surface area contributed by atoms with Crippen molar-refractivity contribution in [2.75, 3.05) is 32.3 Å². The highest BCUT2D eigenvalue weighted by atomic mass is 32.2. The monoisotopic (exact) mass is 483 g/mol. The molecule has 4 unspecified atom stereocenters. The molecule has 0 saturated carbocycles. The van der Waals surface area contributed by atoms with Crippen molar-refractivity contribution in [1.82, 2.24) is 20.4 Å². The van der Waals surface area contributed by atoms with Gasteiger partial charge in [-0.05, 0) is 24.6 Å². The Labute approximate surface area is 203 Å². The molecular formula is C24H29N5O4S. The minimum atomic E-state index is -0.558. The van der Waals surface area contributed by atoms with Gasteiger partial charge >= 0.3 is 6.03 Å². The van der Waals surface area contributed by atoms with E-state index in [1.807, 2.05) is 37.3 Å². The average molecular weight is 484 g/mol. The molecule has 0 radical (unpaired) electrons. The van der Waals surface area contributed by atoms with Gasteiger partial charge in [0.05, 0.1) is 42.2 Å². The van der Waals surface area contributed by atoms with Crippen molar-refractivity contribution < 1.29 is 19.1 Å². The number of para-hydroxylation sites is 2. The average Bonchev–Trinajstić information content (AvgIpc) is 2.84. The lowest BCUT2D eigenvalue weighted by Gasteiger charge is -2.50. The molecule has 2 saturated heterocycles. The van der Waals surface area contributed by atoms with Crippen LogP contribution in [-0.2, 0) is 9.59 Å². The summed E-state index contributed by atoms with van der Waals surface area (Å²) >= 11 is 1.35. The molecule has 4 rings (SSSR count). The molecule has 2 aliphatic rings. The van der Waals surface area contributed by atoms with Crippen LogP contribution in [0, 0.1) is 12.8 Å². The van der Waals surface area contributed by atoms with Crippen LogP contribution in [0.2, 0.25) is 0 Å². The zero-order valence-electron chi connectivity index (χ0n) is 19.6. The van der Waals surface area contributed by atoms with Gasteiger partial charge < -0.3 is 15.0 Å². The highest BCUT2D eigenvalue weighted by molar-refractivity contribution is 8.00. The molecule has 34 heavy (non-hydrogen) atoms. The maximum Gasteiger partial charge on any atom is 0.327 e. The summed E-state index contributed by atoms with van der Waals surface area (Å²) in [5.74, 6) is -0.353. The minimum Gasteiger partial charge on any atom is -0.495 e. The number of rotatable bonds is 6. The second-order valence-corrected chi connectivity index (χ2v) is 9.55. The highest BCUT2D eigenvalue weighted by Gasteiger charge is 2.51. The van der Waals surface area contributed by atoms with E-state index in [0.717, 1.165) is 16.0 Å². The van der Waals surface area contributed by atoms with E-state index in [2.05, 4.69) is 22.0 Å². The number of methoxy groups -OCH3 is 1. The standard InChI is InChI=1S/C24H29N5O4S/c1-14-8-7-9-15(12-14)20-26-21-19(23(31)29(3)24(32)28(21)2)22(27-20)34-13-18(30)25-16-10-5-6-11-17(16)33-4/h5-12,19-22,26-27H,13H2,1-4H3,(H,25,30). The van der Waals surface area contributed by atoms with Crippen molar-refractivity contribution in [3.05, 3.63) is 59.7 Å². The Morgan fingerprint density at radius 3 is 2.62 bits per heavy atom. The first-order chi connectivity index (χ1) is 16.3. The normalized spacial score (nSPS) is 24.6. The topological polar surface area (TPSA) is 103 Å². The number of anilines is 1. The zero-order valence-corrected chi connectivity index (χ0v) is 20.4. The second-order valence-electron chi connectivity index (χ2n) is 8.42. The Kier molecular flexibility index (Phi) is 7.11. The van der Waals surface area contributed by atoms with Crippen LogP contribution in [0.1, 0.15) is 17.3 Å². The number of thioether (sulfide) groups is 1. The number of urea groups is 1. The third kappa shape index (κ3) is 4.75. The molecule has 0 aromatic heterocycles. The van der Waals surface area contributed by atoms with Gasteiger partial charge in [-0.15, -0.1) is 11.8 Å². The summed E-state index contributed by atoms with van der Waals surface area (Å²) in [7, 11) is 4.72. The van der Waals surface area contributed by atoms with Crippen LogP contribution in [0.4, 0.5) is 10.5 Å². The Morgan fingerprint density at radius 2 is 1.88 bits per heavy atom. The smallest absolute Gasteiger partial charge is 0.327 e. The predicted molar refractivity (Wildman–Crippen MR) is 131 cm³/mol. The van der Waals surface area contributed by atoms with Gasteiger partial charge in [0.2, 0.25) is 11.8 Å². The third-order valence-corrected chi connectivity index (χ3v) is 7.32. The minimum absolute atomic E-state index is 0.119. The molecule has 2 fully saturated rings. The molecule has 0 aliphatic carbocycles. The van der Waals surface area contributed by atoms with E-state index in [9.17, 15) is 14.4 Å². The highest BCUT2D eigenvalue weighted by Crippen LogP contribution is 2.34. The molecule has 9 nitrogen and oxygen atoms in total. The van der Waals surface area contributed by atoms with E-state index >= 15 is 0 Å². The van der Waals surface area contributed by atoms with E-state index in [0.29, 0.717) is 11.4 Å². The number of hydrogen-bond donors (Lipinski definition) is 3. The summed E-state index contributed by atoms with van der Waals surface area (Å²) < 4.78 is 5.30. The first kappa shape index (κ1) is 24.1. The summed E-state index contributed by atoms with van der Waals surface area (Å²) in [4.78, 5) is 41.2. The Balaban J connectivity index is 1.54. The van der Waals surface area contributed by atoms with Gasteiger partial charge in [0.15, 0.2) is 0 Å². The predicted octanol–water partition coefficient (Wildman–Crippen LogP) is 2.36. The molecule has 3 N–H and O–H groups in total. The lowest BCUT2D eigenvalue weighted by Crippen LogP contribution is -2.72. The summed E-state index contributed by atoms with van der Waals surface area (Å²) in [5.41, 5.74) is 2.69. The number of ether oxygens (including phenoxy) is 1. The number of aryl methyl sites for hydroxylation is 1. The van der Waals surface area contributed by atoms with E-state index < -0.39 is 17.5 Å². The van der Waals surface area contributed by atoms with Gasteiger partial charge in [-0.25, -0.2) is 4.79 Å². The molecule has 4 atom stereocenters. The summed E-state index contributed by atoms with van der Waals surface area (Å²) in [6, 6.07) is 14.9. The van der Waals surface area contributed by atoms with Crippen molar-refractivity contribution in [1.29, 1.82) is 0 Å². The first-order valence-corrected chi connectivity index (χ1v) is 12.0. The lowest BCUT2D eigenvalue weighted by atomic mass is 9.95. The van der Waals surface area contributed by atoms with Crippen LogP contribution >= 0.6 is 11.8 Å². The molecule has 4 amide bonds. The Morgan fingerprint density at radius 1 is 1.12 bits per heavy atom. The van der Waals surface area contributed by atoms with Crippen LogP contribution in [-0.4, -0.2) is 66.1 Å². The molecule has 10 heteroatoms. The Bertz CT molecular complexity index is 1100. The lowest BCUT2D eigenvalue weighted by molar-refractivity contribution is -0.140. The third-order valence-electron chi connectivity index (χ3n) is 6.11. The number of benzene rings is 2. The van der Waals surface area contributed by atoms with Gasteiger partial charge in [-0.2, -0.15) is 0 Å². The van der Waals surface area contributed by atoms with Crippen molar-refractivity contribution in [2.45, 2.75) is 24.6 Å². The van der Waals surface area contributed by atoms with Crippen molar-refractivity contribution in [2.24, 2.45) is 5.92 Å². The maximum atomic E-state index is 13.1. The van der Waals surface area contributed by atoms with Gasteiger partial charge in [-0.3, -0.25) is 25.1 Å². The van der Waals surface area contributed by atoms with Crippen LogP contribution in [0.3, 0.4) is 0 Å². The zero-order chi connectivity index (χ0) is 24.4. The van der Waals surface area contributed by atoms with E-state index in [1.54, 1.807) is 31.2 Å². The number of amides is 4. The van der Waals surface area contributed by atoms with Crippen LogP contribution in [0.25, 0.3) is 0 Å². The number of carbonyl (C=O) groups excluding carboxylic acids is 3. The number of nitrogens with one attached hydrogen (secondary N) is 3. The molecule has 2 heterocycles. The van der Waals surface area contributed by atoms with Gasteiger partial charge in [-0.1, -0.05) is 42.0 Å². The van der Waals surface area contributed by atoms with Gasteiger partial charge in [0, 0.05) is 14.1 Å². The number of imide groups is 1. The van der Waals surface area contributed by atoms with Crippen LogP contribution in [0.5, 0.6) is 5.75 Å². The number of nitrogens with zero attached hydrogens (tertiary/aromatic N) is 2. The van der Waals surface area contributed by atoms with Crippen molar-refractivity contribution in [3.8, 4) is 5.75 Å². The fraction of sp³-hybridized carbons (Fsp3) is 0.375. The summed E-state index contributed by atoms with van der Waals surface area (Å²) in [6.07, 6.45) is -0.792. The molecule has 0 bridgehead atoms. The van der Waals surface area contributed by atoms with Gasteiger partial charge in [0.1, 0.15) is 5.75 Å². The molecular weight excluding hydrogens is 454 g/mol. The number of fused-ring (bicyclic) bond motifs is 1. The van der Waals surface area contributed by atoms with Crippen LogP contribution < -0.4 is 20.7 Å². The SMILES string of the molecule is COc1ccccc1NC(=O)CSC1NC(c2cccc(C)c2)NC2C1C(=O)N(C)C(=O)N2C. The summed E-state index contributed by atoms with van der Waals surface area (Å²) in [6.45, 7) is 2.01. The largest absolute Gasteiger partial charge is 0.495 e. The van der Waals surface area contributed by atoms with E-state index in [1.165, 1.54) is 18.8 Å². The maximum absolute atomic E-state index is 13.1. The second kappa shape index (κ2) is 10.0. The molecule has 2 aromatic rings. The Hall–Kier alpha value is -3.08. The molecule has 180 valence electrons.